The molecule has 6 nitrogen and oxygen atoms in total. The number of rotatable bonds is 6. The van der Waals surface area contributed by atoms with Crippen LogP contribution >= 0.6 is 0 Å². The summed E-state index contributed by atoms with van der Waals surface area (Å²) in [6, 6.07) is 6.36. The molecule has 1 aliphatic rings. The summed E-state index contributed by atoms with van der Waals surface area (Å²) in [7, 11) is -1.00. The van der Waals surface area contributed by atoms with Crippen molar-refractivity contribution < 1.29 is 23.1 Å². The van der Waals surface area contributed by atoms with Gasteiger partial charge < -0.3 is 9.84 Å². The standard InChI is InChI=1S/C14H19NO5S/c1-15(12-5-8-21(18,19)10-12)6-7-20-13-4-2-3-11(9-13)14(16)17/h2-4,9,12H,5-8,10H2,1H3,(H,16,17). The average molecular weight is 313 g/mol. The van der Waals surface area contributed by atoms with Gasteiger partial charge in [-0.2, -0.15) is 0 Å². The van der Waals surface area contributed by atoms with Crippen LogP contribution in [0.1, 0.15) is 16.8 Å². The molecule has 0 radical (unpaired) electrons. The Hall–Kier alpha value is -1.60. The molecule has 0 saturated carbocycles. The number of carbonyl (C=O) groups is 1. The van der Waals surface area contributed by atoms with Crippen molar-refractivity contribution in [3.8, 4) is 5.75 Å². The molecule has 0 bridgehead atoms. The first-order valence-electron chi connectivity index (χ1n) is 6.74. The van der Waals surface area contributed by atoms with Gasteiger partial charge in [-0.1, -0.05) is 6.07 Å². The summed E-state index contributed by atoms with van der Waals surface area (Å²) in [6.45, 7) is 0.980. The molecular formula is C14H19NO5S. The van der Waals surface area contributed by atoms with Gasteiger partial charge in [0.25, 0.3) is 0 Å². The lowest BCUT2D eigenvalue weighted by Gasteiger charge is -2.22. The van der Waals surface area contributed by atoms with Crippen molar-refractivity contribution >= 4 is 15.8 Å². The highest BCUT2D eigenvalue weighted by atomic mass is 32.2. The minimum Gasteiger partial charge on any atom is -0.492 e. The Morgan fingerprint density at radius 3 is 2.86 bits per heavy atom. The molecule has 0 amide bonds. The van der Waals surface area contributed by atoms with Crippen LogP contribution in [-0.2, 0) is 9.84 Å². The maximum Gasteiger partial charge on any atom is 0.335 e. The van der Waals surface area contributed by atoms with Crippen LogP contribution in [0.3, 0.4) is 0 Å². The van der Waals surface area contributed by atoms with Gasteiger partial charge in [-0.3, -0.25) is 4.90 Å². The highest BCUT2D eigenvalue weighted by molar-refractivity contribution is 7.91. The molecule has 1 aliphatic heterocycles. The predicted molar refractivity (Wildman–Crippen MR) is 78.6 cm³/mol. The first-order valence-corrected chi connectivity index (χ1v) is 8.56. The number of aromatic carboxylic acids is 1. The van der Waals surface area contributed by atoms with E-state index < -0.39 is 15.8 Å². The Morgan fingerprint density at radius 2 is 2.24 bits per heavy atom. The lowest BCUT2D eigenvalue weighted by Crippen LogP contribution is -2.35. The molecule has 1 aromatic rings. The maximum absolute atomic E-state index is 11.4. The van der Waals surface area contributed by atoms with E-state index >= 15 is 0 Å². The smallest absolute Gasteiger partial charge is 0.335 e. The van der Waals surface area contributed by atoms with Crippen LogP contribution in [-0.4, -0.2) is 62.1 Å². The zero-order chi connectivity index (χ0) is 15.5. The van der Waals surface area contributed by atoms with Gasteiger partial charge in [0.15, 0.2) is 9.84 Å². The number of ether oxygens (including phenoxy) is 1. The van der Waals surface area contributed by atoms with Crippen molar-refractivity contribution in [3.05, 3.63) is 29.8 Å². The first-order chi connectivity index (χ1) is 9.87. The van der Waals surface area contributed by atoms with Gasteiger partial charge in [0.05, 0.1) is 17.1 Å². The Bertz CT molecular complexity index is 614. The minimum atomic E-state index is -2.88. The second kappa shape index (κ2) is 6.44. The highest BCUT2D eigenvalue weighted by Crippen LogP contribution is 2.17. The number of likely N-dealkylation sites (N-methyl/N-ethyl adjacent to an activating group) is 1. The molecule has 7 heteroatoms. The maximum atomic E-state index is 11.4. The van der Waals surface area contributed by atoms with E-state index in [0.29, 0.717) is 25.3 Å². The Labute approximate surface area is 124 Å². The van der Waals surface area contributed by atoms with Gasteiger partial charge in [0.2, 0.25) is 0 Å². The molecule has 1 fully saturated rings. The quantitative estimate of drug-likeness (QED) is 0.839. The Kier molecular flexibility index (Phi) is 4.84. The van der Waals surface area contributed by atoms with E-state index in [1.165, 1.54) is 12.1 Å². The fourth-order valence-electron chi connectivity index (χ4n) is 2.33. The Morgan fingerprint density at radius 1 is 1.48 bits per heavy atom. The van der Waals surface area contributed by atoms with Gasteiger partial charge in [-0.25, -0.2) is 13.2 Å². The van der Waals surface area contributed by atoms with Crippen molar-refractivity contribution in [3.63, 3.8) is 0 Å². The van der Waals surface area contributed by atoms with E-state index in [9.17, 15) is 13.2 Å². The number of hydrogen-bond acceptors (Lipinski definition) is 5. The van der Waals surface area contributed by atoms with Gasteiger partial charge in [0.1, 0.15) is 12.4 Å². The molecular weight excluding hydrogens is 294 g/mol. The lowest BCUT2D eigenvalue weighted by molar-refractivity contribution is 0.0696. The van der Waals surface area contributed by atoms with Crippen molar-refractivity contribution in [2.45, 2.75) is 12.5 Å². The third kappa shape index (κ3) is 4.44. The summed E-state index contributed by atoms with van der Waals surface area (Å²) in [5.41, 5.74) is 0.183. The Balaban J connectivity index is 1.82. The van der Waals surface area contributed by atoms with Crippen LogP contribution < -0.4 is 4.74 Å². The molecule has 0 aliphatic carbocycles. The van der Waals surface area contributed by atoms with Crippen molar-refractivity contribution in [1.29, 1.82) is 0 Å². The molecule has 1 atom stereocenters. The van der Waals surface area contributed by atoms with Crippen LogP contribution in [0.2, 0.25) is 0 Å². The molecule has 1 aromatic carbocycles. The third-order valence-corrected chi connectivity index (χ3v) is 5.38. The van der Waals surface area contributed by atoms with E-state index in [0.717, 1.165) is 0 Å². The molecule has 1 saturated heterocycles. The third-order valence-electron chi connectivity index (χ3n) is 3.63. The zero-order valence-electron chi connectivity index (χ0n) is 11.9. The van der Waals surface area contributed by atoms with E-state index in [4.69, 9.17) is 9.84 Å². The molecule has 116 valence electrons. The summed E-state index contributed by atoms with van der Waals surface area (Å²) in [6.07, 6.45) is 0.660. The summed E-state index contributed by atoms with van der Waals surface area (Å²) in [5, 5.41) is 8.89. The molecule has 1 heterocycles. The summed E-state index contributed by atoms with van der Waals surface area (Å²) >= 11 is 0. The fourth-order valence-corrected chi connectivity index (χ4v) is 4.14. The van der Waals surface area contributed by atoms with Crippen molar-refractivity contribution in [1.82, 2.24) is 4.90 Å². The van der Waals surface area contributed by atoms with Gasteiger partial charge in [-0.05, 0) is 31.7 Å². The van der Waals surface area contributed by atoms with Gasteiger partial charge in [-0.15, -0.1) is 0 Å². The van der Waals surface area contributed by atoms with Gasteiger partial charge in [0, 0.05) is 12.6 Å². The SMILES string of the molecule is CN(CCOc1cccc(C(=O)O)c1)C1CCS(=O)(=O)C1. The number of carboxylic acid groups (broad SMARTS) is 1. The van der Waals surface area contributed by atoms with Crippen molar-refractivity contribution in [2.75, 3.05) is 31.7 Å². The summed E-state index contributed by atoms with van der Waals surface area (Å²) in [5.74, 6) is -0.0299. The average Bonchev–Trinajstić information content (AvgIpc) is 2.79. The van der Waals surface area contributed by atoms with Crippen LogP contribution in [0.25, 0.3) is 0 Å². The second-order valence-electron chi connectivity index (χ2n) is 5.22. The van der Waals surface area contributed by atoms with Gasteiger partial charge >= 0.3 is 5.97 Å². The minimum absolute atomic E-state index is 0.0453. The van der Waals surface area contributed by atoms with Crippen LogP contribution in [0.4, 0.5) is 0 Å². The van der Waals surface area contributed by atoms with E-state index in [1.54, 1.807) is 12.1 Å². The molecule has 0 aromatic heterocycles. The van der Waals surface area contributed by atoms with Crippen LogP contribution in [0, 0.1) is 0 Å². The molecule has 21 heavy (non-hydrogen) atoms. The molecule has 2 rings (SSSR count). The number of nitrogens with zero attached hydrogens (tertiary/aromatic N) is 1. The van der Waals surface area contributed by atoms with Crippen LogP contribution in [0.15, 0.2) is 24.3 Å². The first kappa shape index (κ1) is 15.8. The fraction of sp³-hybridized carbons (Fsp3) is 0.500. The zero-order valence-corrected chi connectivity index (χ0v) is 12.7. The number of hydrogen-bond donors (Lipinski definition) is 1. The topological polar surface area (TPSA) is 83.9 Å². The normalized spacial score (nSPS) is 20.6. The highest BCUT2D eigenvalue weighted by Gasteiger charge is 2.30. The van der Waals surface area contributed by atoms with E-state index in [-0.39, 0.29) is 23.1 Å². The number of carboxylic acids is 1. The van der Waals surface area contributed by atoms with Crippen LogP contribution in [0.5, 0.6) is 5.75 Å². The number of sulfone groups is 1. The van der Waals surface area contributed by atoms with E-state index in [1.807, 2.05) is 11.9 Å². The monoisotopic (exact) mass is 313 g/mol. The molecule has 1 unspecified atom stereocenters. The van der Waals surface area contributed by atoms with E-state index in [2.05, 4.69) is 0 Å². The number of benzene rings is 1. The summed E-state index contributed by atoms with van der Waals surface area (Å²) < 4.78 is 28.4. The molecule has 1 N–H and O–H groups in total. The largest absolute Gasteiger partial charge is 0.492 e. The van der Waals surface area contributed by atoms with Crippen molar-refractivity contribution in [2.24, 2.45) is 0 Å². The second-order valence-corrected chi connectivity index (χ2v) is 7.45. The summed E-state index contributed by atoms with van der Waals surface area (Å²) in [4.78, 5) is 12.8. The predicted octanol–water partition coefficient (Wildman–Crippen LogP) is 0.883. The molecule has 0 spiro atoms. The lowest BCUT2D eigenvalue weighted by atomic mass is 10.2.